The molecule has 1 aliphatic heterocycles. The molecule has 0 bridgehead atoms. The van der Waals surface area contributed by atoms with E-state index in [1.54, 1.807) is 19.1 Å². The molecule has 5 nitrogen and oxygen atoms in total. The Labute approximate surface area is 132 Å². The first-order valence-corrected chi connectivity index (χ1v) is 7.76. The summed E-state index contributed by atoms with van der Waals surface area (Å²) in [5.74, 6) is 1.57. The maximum Gasteiger partial charge on any atom is 0.239 e. The molecule has 1 atom stereocenters. The van der Waals surface area contributed by atoms with Gasteiger partial charge in [-0.1, -0.05) is 6.42 Å². The van der Waals surface area contributed by atoms with Gasteiger partial charge in [0.1, 0.15) is 0 Å². The zero-order chi connectivity index (χ0) is 16.1. The molecule has 0 spiro atoms. The maximum absolute atomic E-state index is 12.5. The van der Waals surface area contributed by atoms with E-state index in [0.29, 0.717) is 18.0 Å². The highest BCUT2D eigenvalue weighted by Gasteiger charge is 2.24. The van der Waals surface area contributed by atoms with E-state index in [-0.39, 0.29) is 11.9 Å². The third kappa shape index (κ3) is 3.71. The molecule has 0 saturated carbocycles. The number of carbonyl (C=O) groups is 1. The standard InChI is InChI=1S/C17H26N2O3/c1-12-9-15(21-3)16(22-4)10-13(12)11-19(2)17(20)14-7-5-6-8-18-14/h9-10,14,18H,5-8,11H2,1-4H3. The van der Waals surface area contributed by atoms with Gasteiger partial charge in [-0.15, -0.1) is 0 Å². The normalized spacial score (nSPS) is 17.9. The summed E-state index contributed by atoms with van der Waals surface area (Å²) in [5, 5.41) is 3.31. The Balaban J connectivity index is 2.10. The van der Waals surface area contributed by atoms with E-state index in [1.807, 2.05) is 26.1 Å². The summed E-state index contributed by atoms with van der Waals surface area (Å²) in [5.41, 5.74) is 2.17. The van der Waals surface area contributed by atoms with Crippen molar-refractivity contribution < 1.29 is 14.3 Å². The van der Waals surface area contributed by atoms with Crippen LogP contribution in [-0.4, -0.2) is 44.7 Å². The lowest BCUT2D eigenvalue weighted by Crippen LogP contribution is -2.47. The van der Waals surface area contributed by atoms with E-state index >= 15 is 0 Å². The Morgan fingerprint density at radius 3 is 2.55 bits per heavy atom. The monoisotopic (exact) mass is 306 g/mol. The van der Waals surface area contributed by atoms with Gasteiger partial charge in [0.05, 0.1) is 20.3 Å². The third-order valence-electron chi connectivity index (χ3n) is 4.23. The van der Waals surface area contributed by atoms with Gasteiger partial charge in [-0.05, 0) is 49.6 Å². The highest BCUT2D eigenvalue weighted by atomic mass is 16.5. The molecular formula is C17H26N2O3. The molecule has 1 saturated heterocycles. The summed E-state index contributed by atoms with van der Waals surface area (Å²) in [6.45, 7) is 3.53. The number of carbonyl (C=O) groups excluding carboxylic acids is 1. The molecule has 1 heterocycles. The van der Waals surface area contributed by atoms with Crippen molar-refractivity contribution in [1.29, 1.82) is 0 Å². The summed E-state index contributed by atoms with van der Waals surface area (Å²) in [7, 11) is 5.11. The van der Waals surface area contributed by atoms with Crippen LogP contribution in [0.15, 0.2) is 12.1 Å². The Hall–Kier alpha value is -1.75. The number of amides is 1. The summed E-state index contributed by atoms with van der Waals surface area (Å²) < 4.78 is 10.7. The number of nitrogens with zero attached hydrogens (tertiary/aromatic N) is 1. The van der Waals surface area contributed by atoms with Crippen molar-refractivity contribution in [1.82, 2.24) is 10.2 Å². The minimum atomic E-state index is -0.0424. The molecule has 1 fully saturated rings. The van der Waals surface area contributed by atoms with E-state index in [0.717, 1.165) is 36.9 Å². The van der Waals surface area contributed by atoms with Gasteiger partial charge in [0.2, 0.25) is 5.91 Å². The zero-order valence-corrected chi connectivity index (χ0v) is 13.9. The predicted molar refractivity (Wildman–Crippen MR) is 86.4 cm³/mol. The summed E-state index contributed by atoms with van der Waals surface area (Å²) in [6.07, 6.45) is 3.20. The van der Waals surface area contributed by atoms with Gasteiger partial charge in [-0.25, -0.2) is 0 Å². The largest absolute Gasteiger partial charge is 0.493 e. The first-order valence-electron chi connectivity index (χ1n) is 7.76. The number of hydrogen-bond donors (Lipinski definition) is 1. The first-order chi connectivity index (χ1) is 10.6. The molecule has 1 unspecified atom stereocenters. The highest BCUT2D eigenvalue weighted by molar-refractivity contribution is 5.81. The van der Waals surface area contributed by atoms with Crippen LogP contribution in [0.4, 0.5) is 0 Å². The van der Waals surface area contributed by atoms with Gasteiger partial charge >= 0.3 is 0 Å². The molecule has 0 radical (unpaired) electrons. The third-order valence-corrected chi connectivity index (χ3v) is 4.23. The number of hydrogen-bond acceptors (Lipinski definition) is 4. The molecular weight excluding hydrogens is 280 g/mol. The molecule has 0 aliphatic carbocycles. The average molecular weight is 306 g/mol. The number of piperidine rings is 1. The zero-order valence-electron chi connectivity index (χ0n) is 13.9. The summed E-state index contributed by atoms with van der Waals surface area (Å²) in [6, 6.07) is 3.86. The van der Waals surface area contributed by atoms with Crippen LogP contribution in [0.3, 0.4) is 0 Å². The van der Waals surface area contributed by atoms with Crippen molar-refractivity contribution in [2.75, 3.05) is 27.8 Å². The second kappa shape index (κ2) is 7.49. The lowest BCUT2D eigenvalue weighted by molar-refractivity contribution is -0.133. The van der Waals surface area contributed by atoms with Gasteiger partial charge in [0.25, 0.3) is 0 Å². The molecule has 1 aliphatic rings. The van der Waals surface area contributed by atoms with Crippen molar-refractivity contribution in [2.45, 2.75) is 38.8 Å². The fourth-order valence-corrected chi connectivity index (χ4v) is 2.86. The quantitative estimate of drug-likeness (QED) is 0.905. The Kier molecular flexibility index (Phi) is 5.66. The Morgan fingerprint density at radius 1 is 1.27 bits per heavy atom. The second-order valence-electron chi connectivity index (χ2n) is 5.83. The molecule has 1 amide bonds. The number of methoxy groups -OCH3 is 2. The van der Waals surface area contributed by atoms with E-state index in [1.165, 1.54) is 0 Å². The van der Waals surface area contributed by atoms with Crippen LogP contribution in [0.2, 0.25) is 0 Å². The lowest BCUT2D eigenvalue weighted by Gasteiger charge is -2.28. The van der Waals surface area contributed by atoms with Crippen LogP contribution < -0.4 is 14.8 Å². The van der Waals surface area contributed by atoms with Crippen molar-refractivity contribution in [3.63, 3.8) is 0 Å². The van der Waals surface area contributed by atoms with Gasteiger partial charge in [0, 0.05) is 13.6 Å². The topological polar surface area (TPSA) is 50.8 Å². The molecule has 122 valence electrons. The molecule has 1 N–H and O–H groups in total. The van der Waals surface area contributed by atoms with Gasteiger partial charge in [-0.3, -0.25) is 4.79 Å². The van der Waals surface area contributed by atoms with Crippen LogP contribution in [-0.2, 0) is 11.3 Å². The Bertz CT molecular complexity index is 525. The highest BCUT2D eigenvalue weighted by Crippen LogP contribution is 2.30. The smallest absolute Gasteiger partial charge is 0.239 e. The van der Waals surface area contributed by atoms with Crippen LogP contribution in [0.1, 0.15) is 30.4 Å². The van der Waals surface area contributed by atoms with Gasteiger partial charge in [0.15, 0.2) is 11.5 Å². The SMILES string of the molecule is COc1cc(C)c(CN(C)C(=O)C2CCCCN2)cc1OC. The fraction of sp³-hybridized carbons (Fsp3) is 0.588. The average Bonchev–Trinajstić information content (AvgIpc) is 2.56. The molecule has 1 aromatic carbocycles. The van der Waals surface area contributed by atoms with Crippen molar-refractivity contribution in [2.24, 2.45) is 0 Å². The molecule has 5 heteroatoms. The first kappa shape index (κ1) is 16.6. The van der Waals surface area contributed by atoms with Gasteiger partial charge < -0.3 is 19.7 Å². The van der Waals surface area contributed by atoms with E-state index < -0.39 is 0 Å². The van der Waals surface area contributed by atoms with Crippen molar-refractivity contribution in [3.8, 4) is 11.5 Å². The second-order valence-corrected chi connectivity index (χ2v) is 5.83. The number of aryl methyl sites for hydroxylation is 1. The number of benzene rings is 1. The fourth-order valence-electron chi connectivity index (χ4n) is 2.86. The molecule has 0 aromatic heterocycles. The lowest BCUT2D eigenvalue weighted by atomic mass is 10.0. The number of ether oxygens (including phenoxy) is 2. The Morgan fingerprint density at radius 2 is 1.95 bits per heavy atom. The van der Waals surface area contributed by atoms with Crippen LogP contribution in [0.25, 0.3) is 0 Å². The predicted octanol–water partition coefficient (Wildman–Crippen LogP) is 2.11. The van der Waals surface area contributed by atoms with Crippen molar-refractivity contribution in [3.05, 3.63) is 23.3 Å². The summed E-state index contributed by atoms with van der Waals surface area (Å²) >= 11 is 0. The van der Waals surface area contributed by atoms with Gasteiger partial charge in [-0.2, -0.15) is 0 Å². The van der Waals surface area contributed by atoms with Crippen LogP contribution in [0.5, 0.6) is 11.5 Å². The maximum atomic E-state index is 12.5. The molecule has 2 rings (SSSR count). The van der Waals surface area contributed by atoms with Crippen LogP contribution >= 0.6 is 0 Å². The summed E-state index contributed by atoms with van der Waals surface area (Å²) in [4.78, 5) is 14.3. The van der Waals surface area contributed by atoms with E-state index in [9.17, 15) is 4.79 Å². The number of rotatable bonds is 5. The van der Waals surface area contributed by atoms with Crippen molar-refractivity contribution >= 4 is 5.91 Å². The van der Waals surface area contributed by atoms with E-state index in [2.05, 4.69) is 5.32 Å². The number of nitrogens with one attached hydrogen (secondary N) is 1. The molecule has 1 aromatic rings. The van der Waals surface area contributed by atoms with Crippen LogP contribution in [0, 0.1) is 6.92 Å². The molecule has 22 heavy (non-hydrogen) atoms. The number of likely N-dealkylation sites (N-methyl/N-ethyl adjacent to an activating group) is 1. The van der Waals surface area contributed by atoms with E-state index in [4.69, 9.17) is 9.47 Å². The minimum Gasteiger partial charge on any atom is -0.493 e. The minimum absolute atomic E-state index is 0.0424.